The van der Waals surface area contributed by atoms with Gasteiger partial charge in [-0.1, -0.05) is 42.5 Å². The number of furan rings is 1. The van der Waals surface area contributed by atoms with Crippen LogP contribution >= 0.6 is 12.2 Å². The molecule has 0 saturated carbocycles. The fourth-order valence-electron chi connectivity index (χ4n) is 4.86. The van der Waals surface area contributed by atoms with Crippen LogP contribution in [0.25, 0.3) is 0 Å². The lowest BCUT2D eigenvalue weighted by molar-refractivity contribution is 0.503. The van der Waals surface area contributed by atoms with Crippen LogP contribution in [-0.2, 0) is 19.6 Å². The average molecular weight is 512 g/mol. The van der Waals surface area contributed by atoms with Crippen LogP contribution in [0.5, 0.6) is 0 Å². The topological polar surface area (TPSA) is 72.7 Å². The van der Waals surface area contributed by atoms with Crippen LogP contribution in [0.4, 0.5) is 23.3 Å². The summed E-state index contributed by atoms with van der Waals surface area (Å²) < 4.78 is 5.39. The van der Waals surface area contributed by atoms with Crippen molar-refractivity contribution in [2.24, 2.45) is 0 Å². The summed E-state index contributed by atoms with van der Waals surface area (Å²) in [6, 6.07) is 25.0. The minimum Gasteiger partial charge on any atom is -0.467 e. The van der Waals surface area contributed by atoms with Gasteiger partial charge in [-0.25, -0.2) is 0 Å². The molecule has 8 nitrogen and oxygen atoms in total. The second kappa shape index (κ2) is 10.5. The number of para-hydroxylation sites is 1. The minimum atomic E-state index is 0.457. The van der Waals surface area contributed by atoms with Crippen molar-refractivity contribution in [1.82, 2.24) is 15.3 Å². The Morgan fingerprint density at radius 3 is 2.11 bits per heavy atom. The van der Waals surface area contributed by atoms with Gasteiger partial charge in [-0.3, -0.25) is 0 Å². The number of nitrogens with zero attached hydrogens (tertiary/aromatic N) is 5. The first-order chi connectivity index (χ1) is 18.2. The number of aromatic nitrogens is 2. The zero-order chi connectivity index (χ0) is 25.0. The highest BCUT2D eigenvalue weighted by Crippen LogP contribution is 2.30. The number of hydrogen-bond donors (Lipinski definition) is 2. The molecular formula is C28H29N7OS. The quantitative estimate of drug-likeness (QED) is 0.367. The molecule has 0 amide bonds. The number of thiocarbonyl (C=S) groups is 1. The molecule has 1 fully saturated rings. The third kappa shape index (κ3) is 5.36. The van der Waals surface area contributed by atoms with E-state index in [0.717, 1.165) is 56.7 Å². The molecule has 0 spiro atoms. The standard InChI is InChI=1S/C28H29N7OS/c37-28(29-18-24-11-6-16-36-24)32-27-30-25(34-14-12-33(13-15-34)23-9-2-1-3-10-23)17-26(31-27)35-19-21-7-4-5-8-22(21)20-35/h1-11,16-17H,12-15,18-20H2,(H2,29,30,31,32,37). The smallest absolute Gasteiger partial charge is 0.232 e. The van der Waals surface area contributed by atoms with E-state index >= 15 is 0 Å². The van der Waals surface area contributed by atoms with Gasteiger partial charge >= 0.3 is 0 Å². The van der Waals surface area contributed by atoms with Crippen molar-refractivity contribution in [2.45, 2.75) is 19.6 Å². The number of anilines is 4. The van der Waals surface area contributed by atoms with Gasteiger partial charge in [0.2, 0.25) is 5.95 Å². The Morgan fingerprint density at radius 1 is 0.784 bits per heavy atom. The second-order valence-corrected chi connectivity index (χ2v) is 9.64. The normalized spacial score (nSPS) is 15.0. The first kappa shape index (κ1) is 23.3. The van der Waals surface area contributed by atoms with E-state index in [9.17, 15) is 0 Å². The highest BCUT2D eigenvalue weighted by atomic mass is 32.1. The highest BCUT2D eigenvalue weighted by Gasteiger charge is 2.24. The lowest BCUT2D eigenvalue weighted by Crippen LogP contribution is -2.47. The van der Waals surface area contributed by atoms with Gasteiger partial charge in [0.1, 0.15) is 17.4 Å². The van der Waals surface area contributed by atoms with Crippen LogP contribution in [0.3, 0.4) is 0 Å². The number of rotatable bonds is 6. The monoisotopic (exact) mass is 511 g/mol. The van der Waals surface area contributed by atoms with Crippen molar-refractivity contribution >= 4 is 40.6 Å². The van der Waals surface area contributed by atoms with Crippen molar-refractivity contribution in [3.05, 3.63) is 95.9 Å². The van der Waals surface area contributed by atoms with E-state index in [1.165, 1.54) is 16.8 Å². The molecule has 9 heteroatoms. The molecule has 2 aliphatic heterocycles. The third-order valence-electron chi connectivity index (χ3n) is 6.82. The van der Waals surface area contributed by atoms with Crippen LogP contribution in [0, 0.1) is 0 Å². The SMILES string of the molecule is S=C(NCc1ccco1)Nc1nc(N2CCN(c3ccccc3)CC2)cc(N2Cc3ccccc3C2)n1. The van der Waals surface area contributed by atoms with Crippen LogP contribution in [0.1, 0.15) is 16.9 Å². The van der Waals surface area contributed by atoms with E-state index in [1.807, 2.05) is 12.1 Å². The Labute approximate surface area is 221 Å². The zero-order valence-electron chi connectivity index (χ0n) is 20.5. The minimum absolute atomic E-state index is 0.457. The summed E-state index contributed by atoms with van der Waals surface area (Å²) in [4.78, 5) is 16.8. The molecule has 2 aliphatic rings. The van der Waals surface area contributed by atoms with Gasteiger partial charge in [0.25, 0.3) is 0 Å². The average Bonchev–Trinajstić information content (AvgIpc) is 3.63. The largest absolute Gasteiger partial charge is 0.467 e. The Morgan fingerprint density at radius 2 is 1.43 bits per heavy atom. The van der Waals surface area contributed by atoms with Crippen LogP contribution < -0.4 is 25.3 Å². The van der Waals surface area contributed by atoms with Crippen LogP contribution in [0.2, 0.25) is 0 Å². The molecule has 2 N–H and O–H groups in total. The summed E-state index contributed by atoms with van der Waals surface area (Å²) in [6.07, 6.45) is 1.65. The molecule has 4 heterocycles. The van der Waals surface area contributed by atoms with E-state index in [1.54, 1.807) is 6.26 Å². The van der Waals surface area contributed by atoms with Crippen LogP contribution in [-0.4, -0.2) is 41.3 Å². The first-order valence-corrected chi connectivity index (χ1v) is 12.9. The zero-order valence-corrected chi connectivity index (χ0v) is 21.3. The summed E-state index contributed by atoms with van der Waals surface area (Å²) in [5.41, 5.74) is 3.93. The van der Waals surface area contributed by atoms with E-state index in [0.29, 0.717) is 17.6 Å². The summed E-state index contributed by atoms with van der Waals surface area (Å²) in [5, 5.41) is 6.83. The molecule has 188 valence electrons. The number of hydrogen-bond acceptors (Lipinski definition) is 7. The molecular weight excluding hydrogens is 482 g/mol. The maximum absolute atomic E-state index is 5.54. The molecule has 0 bridgehead atoms. The summed E-state index contributed by atoms with van der Waals surface area (Å²) >= 11 is 5.54. The molecule has 2 aromatic carbocycles. The Hall–Kier alpha value is -4.11. The maximum Gasteiger partial charge on any atom is 0.232 e. The number of benzene rings is 2. The first-order valence-electron chi connectivity index (χ1n) is 12.5. The van der Waals surface area contributed by atoms with Gasteiger partial charge in [0.05, 0.1) is 12.8 Å². The lowest BCUT2D eigenvalue weighted by Gasteiger charge is -2.37. The molecule has 2 aromatic heterocycles. The van der Waals surface area contributed by atoms with Crippen molar-refractivity contribution in [2.75, 3.05) is 46.2 Å². The van der Waals surface area contributed by atoms with Gasteiger partial charge in [-0.2, -0.15) is 9.97 Å². The highest BCUT2D eigenvalue weighted by molar-refractivity contribution is 7.80. The fraction of sp³-hybridized carbons (Fsp3) is 0.250. The van der Waals surface area contributed by atoms with Gasteiger partial charge in [0, 0.05) is 51.0 Å². The van der Waals surface area contributed by atoms with Crippen molar-refractivity contribution in [3.8, 4) is 0 Å². The molecule has 4 aromatic rings. The van der Waals surface area contributed by atoms with E-state index < -0.39 is 0 Å². The third-order valence-corrected chi connectivity index (χ3v) is 7.06. The maximum atomic E-state index is 5.54. The van der Waals surface area contributed by atoms with Gasteiger partial charge in [0.15, 0.2) is 5.11 Å². The van der Waals surface area contributed by atoms with Crippen LogP contribution in [0.15, 0.2) is 83.5 Å². The summed E-state index contributed by atoms with van der Waals surface area (Å²) in [7, 11) is 0. The van der Waals surface area contributed by atoms with Gasteiger partial charge in [-0.15, -0.1) is 0 Å². The predicted octanol–water partition coefficient (Wildman–Crippen LogP) is 4.40. The second-order valence-electron chi connectivity index (χ2n) is 9.23. The molecule has 37 heavy (non-hydrogen) atoms. The Balaban J connectivity index is 1.21. The number of nitrogens with one attached hydrogen (secondary N) is 2. The van der Waals surface area contributed by atoms with E-state index in [-0.39, 0.29) is 0 Å². The summed E-state index contributed by atoms with van der Waals surface area (Å²) in [5.74, 6) is 3.10. The Kier molecular flexibility index (Phi) is 6.60. The van der Waals surface area contributed by atoms with Crippen molar-refractivity contribution < 1.29 is 4.42 Å². The number of piperazine rings is 1. The molecule has 0 radical (unpaired) electrons. The molecule has 1 saturated heterocycles. The van der Waals surface area contributed by atoms with E-state index in [4.69, 9.17) is 26.6 Å². The molecule has 0 atom stereocenters. The molecule has 0 unspecified atom stereocenters. The molecule has 6 rings (SSSR count). The number of fused-ring (bicyclic) bond motifs is 1. The van der Waals surface area contributed by atoms with Gasteiger partial charge < -0.3 is 29.8 Å². The van der Waals surface area contributed by atoms with Gasteiger partial charge in [-0.05, 0) is 47.6 Å². The van der Waals surface area contributed by atoms with Crippen molar-refractivity contribution in [1.29, 1.82) is 0 Å². The summed E-state index contributed by atoms with van der Waals surface area (Å²) in [6.45, 7) is 5.78. The predicted molar refractivity (Wildman–Crippen MR) is 151 cm³/mol. The lowest BCUT2D eigenvalue weighted by atomic mass is 10.1. The van der Waals surface area contributed by atoms with Crippen molar-refractivity contribution in [3.63, 3.8) is 0 Å². The van der Waals surface area contributed by atoms with E-state index in [2.05, 4.69) is 86.0 Å². The Bertz CT molecular complexity index is 1330. The molecule has 0 aliphatic carbocycles. The fourth-order valence-corrected chi connectivity index (χ4v) is 5.02.